The third-order valence-electron chi connectivity index (χ3n) is 4.13. The number of nitrogens with one attached hydrogen (secondary N) is 1. The standard InChI is InChI=1S/C16H24BrNO3/c1-15(2,16(3,4)19)18-10-11-8-12(17)14-13(9-11)20-6-5-7-21-14/h8-9,18-19H,5-7,10H2,1-4H3. The van der Waals surface area contributed by atoms with Gasteiger partial charge in [0.05, 0.1) is 23.3 Å². The van der Waals surface area contributed by atoms with Crippen molar-refractivity contribution < 1.29 is 14.6 Å². The van der Waals surface area contributed by atoms with Crippen LogP contribution in [0.1, 0.15) is 39.7 Å². The zero-order valence-electron chi connectivity index (χ0n) is 13.1. The molecule has 5 heteroatoms. The molecular formula is C16H24BrNO3. The molecule has 2 N–H and O–H groups in total. The van der Waals surface area contributed by atoms with Crippen LogP contribution in [0.5, 0.6) is 11.5 Å². The molecule has 0 saturated carbocycles. The van der Waals surface area contributed by atoms with Crippen LogP contribution in [0.2, 0.25) is 0 Å². The molecule has 0 aliphatic carbocycles. The van der Waals surface area contributed by atoms with E-state index in [1.54, 1.807) is 0 Å². The molecule has 0 unspecified atom stereocenters. The Bertz CT molecular complexity index is 509. The molecule has 0 bridgehead atoms. The van der Waals surface area contributed by atoms with Crippen molar-refractivity contribution in [1.82, 2.24) is 5.32 Å². The summed E-state index contributed by atoms with van der Waals surface area (Å²) in [6.45, 7) is 9.59. The van der Waals surface area contributed by atoms with Gasteiger partial charge in [-0.1, -0.05) is 0 Å². The maximum atomic E-state index is 10.2. The van der Waals surface area contributed by atoms with E-state index in [4.69, 9.17) is 9.47 Å². The van der Waals surface area contributed by atoms with Crippen molar-refractivity contribution in [2.45, 2.75) is 51.8 Å². The van der Waals surface area contributed by atoms with Crippen LogP contribution in [0.15, 0.2) is 16.6 Å². The Morgan fingerprint density at radius 1 is 1.19 bits per heavy atom. The smallest absolute Gasteiger partial charge is 0.175 e. The van der Waals surface area contributed by atoms with Crippen molar-refractivity contribution in [3.05, 3.63) is 22.2 Å². The molecule has 0 aromatic heterocycles. The van der Waals surface area contributed by atoms with Gasteiger partial charge in [-0.15, -0.1) is 0 Å². The molecule has 2 rings (SSSR count). The van der Waals surface area contributed by atoms with E-state index >= 15 is 0 Å². The zero-order chi connectivity index (χ0) is 15.7. The first kappa shape index (κ1) is 16.6. The van der Waals surface area contributed by atoms with E-state index in [2.05, 4.69) is 21.2 Å². The Morgan fingerprint density at radius 2 is 1.86 bits per heavy atom. The largest absolute Gasteiger partial charge is 0.490 e. The summed E-state index contributed by atoms with van der Waals surface area (Å²) in [6.07, 6.45) is 0.889. The van der Waals surface area contributed by atoms with Crippen molar-refractivity contribution >= 4 is 15.9 Å². The topological polar surface area (TPSA) is 50.7 Å². The molecule has 1 aromatic rings. The molecule has 0 radical (unpaired) electrons. The number of halogens is 1. The van der Waals surface area contributed by atoms with Gasteiger partial charge in [0.2, 0.25) is 0 Å². The number of fused-ring (bicyclic) bond motifs is 1. The van der Waals surface area contributed by atoms with Crippen molar-refractivity contribution in [3.8, 4) is 11.5 Å². The van der Waals surface area contributed by atoms with Crippen LogP contribution in [-0.2, 0) is 6.54 Å². The Kier molecular flexibility index (Phi) is 4.85. The highest BCUT2D eigenvalue weighted by atomic mass is 79.9. The van der Waals surface area contributed by atoms with E-state index in [0.29, 0.717) is 19.8 Å². The number of hydrogen-bond acceptors (Lipinski definition) is 4. The second kappa shape index (κ2) is 6.15. The third kappa shape index (κ3) is 3.90. The summed E-state index contributed by atoms with van der Waals surface area (Å²) < 4.78 is 12.3. The molecule has 0 saturated heterocycles. The summed E-state index contributed by atoms with van der Waals surface area (Å²) >= 11 is 3.55. The molecule has 0 amide bonds. The average Bonchev–Trinajstić information content (AvgIpc) is 2.60. The summed E-state index contributed by atoms with van der Waals surface area (Å²) in [5, 5.41) is 13.6. The maximum Gasteiger partial charge on any atom is 0.175 e. The first-order valence-corrected chi connectivity index (χ1v) is 8.05. The molecule has 0 atom stereocenters. The van der Waals surface area contributed by atoms with Crippen LogP contribution in [0.4, 0.5) is 0 Å². The van der Waals surface area contributed by atoms with Crippen molar-refractivity contribution in [2.24, 2.45) is 0 Å². The van der Waals surface area contributed by atoms with Crippen LogP contribution in [0, 0.1) is 0 Å². The molecule has 0 fully saturated rings. The fourth-order valence-corrected chi connectivity index (χ4v) is 2.53. The van der Waals surface area contributed by atoms with E-state index in [-0.39, 0.29) is 0 Å². The molecule has 21 heavy (non-hydrogen) atoms. The minimum absolute atomic E-state index is 0.399. The summed E-state index contributed by atoms with van der Waals surface area (Å²) in [7, 11) is 0. The van der Waals surface area contributed by atoms with Gasteiger partial charge < -0.3 is 19.9 Å². The predicted molar refractivity (Wildman–Crippen MR) is 87.0 cm³/mol. The highest BCUT2D eigenvalue weighted by Crippen LogP contribution is 2.38. The van der Waals surface area contributed by atoms with E-state index in [1.807, 2.05) is 39.8 Å². The SMILES string of the molecule is CC(C)(O)C(C)(C)NCc1cc(Br)c2c(c1)OCCCO2. The van der Waals surface area contributed by atoms with Crippen LogP contribution in [-0.4, -0.2) is 29.5 Å². The number of benzene rings is 1. The minimum Gasteiger partial charge on any atom is -0.490 e. The zero-order valence-corrected chi connectivity index (χ0v) is 14.7. The predicted octanol–water partition coefficient (Wildman–Crippen LogP) is 3.25. The van der Waals surface area contributed by atoms with Crippen molar-refractivity contribution in [2.75, 3.05) is 13.2 Å². The lowest BCUT2D eigenvalue weighted by Gasteiger charge is -2.38. The van der Waals surface area contributed by atoms with Crippen LogP contribution in [0.25, 0.3) is 0 Å². The maximum absolute atomic E-state index is 10.2. The van der Waals surface area contributed by atoms with Gasteiger partial charge in [-0.3, -0.25) is 0 Å². The lowest BCUT2D eigenvalue weighted by atomic mass is 9.86. The van der Waals surface area contributed by atoms with E-state index < -0.39 is 11.1 Å². The normalized spacial score (nSPS) is 15.7. The molecule has 118 valence electrons. The van der Waals surface area contributed by atoms with Crippen LogP contribution >= 0.6 is 15.9 Å². The van der Waals surface area contributed by atoms with Crippen LogP contribution in [0.3, 0.4) is 0 Å². The summed E-state index contributed by atoms with van der Waals surface area (Å²) in [5.41, 5.74) is -0.123. The van der Waals surface area contributed by atoms with E-state index in [0.717, 1.165) is 28.0 Å². The first-order chi connectivity index (χ1) is 9.71. The molecule has 1 aromatic carbocycles. The minimum atomic E-state index is -0.810. The Balaban J connectivity index is 2.15. The van der Waals surface area contributed by atoms with Gasteiger partial charge in [-0.2, -0.15) is 0 Å². The molecule has 0 spiro atoms. The fraction of sp³-hybridized carbons (Fsp3) is 0.625. The number of ether oxygens (including phenoxy) is 2. The number of hydrogen-bond donors (Lipinski definition) is 2. The lowest BCUT2D eigenvalue weighted by Crippen LogP contribution is -2.55. The quantitative estimate of drug-likeness (QED) is 0.868. The van der Waals surface area contributed by atoms with E-state index in [9.17, 15) is 5.11 Å². The monoisotopic (exact) mass is 357 g/mol. The second-order valence-electron chi connectivity index (χ2n) is 6.49. The van der Waals surface area contributed by atoms with Gasteiger partial charge >= 0.3 is 0 Å². The van der Waals surface area contributed by atoms with Gasteiger partial charge in [0, 0.05) is 18.5 Å². The van der Waals surface area contributed by atoms with Gasteiger partial charge in [-0.25, -0.2) is 0 Å². The Morgan fingerprint density at radius 3 is 2.52 bits per heavy atom. The van der Waals surface area contributed by atoms with Gasteiger partial charge in [0.1, 0.15) is 0 Å². The molecule has 1 aliphatic rings. The first-order valence-electron chi connectivity index (χ1n) is 7.26. The van der Waals surface area contributed by atoms with E-state index in [1.165, 1.54) is 0 Å². The molecule has 4 nitrogen and oxygen atoms in total. The van der Waals surface area contributed by atoms with Gasteiger partial charge in [0.25, 0.3) is 0 Å². The second-order valence-corrected chi connectivity index (χ2v) is 7.35. The molecule has 1 heterocycles. The average molecular weight is 358 g/mol. The number of rotatable bonds is 4. The Hall–Kier alpha value is -0.780. The number of aliphatic hydroxyl groups is 1. The summed E-state index contributed by atoms with van der Waals surface area (Å²) in [5.74, 6) is 1.55. The third-order valence-corrected chi connectivity index (χ3v) is 4.71. The van der Waals surface area contributed by atoms with Crippen LogP contribution < -0.4 is 14.8 Å². The summed E-state index contributed by atoms with van der Waals surface area (Å²) in [4.78, 5) is 0. The highest BCUT2D eigenvalue weighted by Gasteiger charge is 2.34. The lowest BCUT2D eigenvalue weighted by molar-refractivity contribution is -0.00532. The molecule has 1 aliphatic heterocycles. The fourth-order valence-electron chi connectivity index (χ4n) is 1.93. The van der Waals surface area contributed by atoms with Crippen molar-refractivity contribution in [3.63, 3.8) is 0 Å². The molecular weight excluding hydrogens is 334 g/mol. The van der Waals surface area contributed by atoms with Gasteiger partial charge in [0.15, 0.2) is 11.5 Å². The van der Waals surface area contributed by atoms with Gasteiger partial charge in [-0.05, 0) is 61.3 Å². The summed E-state index contributed by atoms with van der Waals surface area (Å²) in [6, 6.07) is 4.03. The highest BCUT2D eigenvalue weighted by molar-refractivity contribution is 9.10. The Labute approximate surface area is 135 Å². The van der Waals surface area contributed by atoms with Crippen molar-refractivity contribution in [1.29, 1.82) is 0 Å².